The molecule has 0 bridgehead atoms. The first-order valence-electron chi connectivity index (χ1n) is 15.1. The largest absolute Gasteiger partial charge is 0.619 e. The lowest BCUT2D eigenvalue weighted by atomic mass is 10.00. The van der Waals surface area contributed by atoms with Crippen LogP contribution in [0.15, 0.2) is 67.0 Å². The maximum absolute atomic E-state index is 13.5. The van der Waals surface area contributed by atoms with Gasteiger partial charge in [0.2, 0.25) is 0 Å². The van der Waals surface area contributed by atoms with Gasteiger partial charge in [-0.2, -0.15) is 4.73 Å². The van der Waals surface area contributed by atoms with Crippen molar-refractivity contribution in [3.05, 3.63) is 77.8 Å². The van der Waals surface area contributed by atoms with Crippen LogP contribution in [0.1, 0.15) is 49.9 Å². The number of amides is 1. The Hall–Kier alpha value is -4.29. The van der Waals surface area contributed by atoms with Crippen LogP contribution in [0, 0.1) is 5.21 Å². The molecule has 11 nitrogen and oxygen atoms in total. The number of nitrogens with zero attached hydrogens (tertiary/aromatic N) is 2. The van der Waals surface area contributed by atoms with Gasteiger partial charge in [-0.1, -0.05) is 36.4 Å². The Morgan fingerprint density at radius 3 is 2.47 bits per heavy atom. The van der Waals surface area contributed by atoms with Crippen LogP contribution in [0.25, 0.3) is 33.3 Å². The van der Waals surface area contributed by atoms with Gasteiger partial charge in [0, 0.05) is 31.1 Å². The van der Waals surface area contributed by atoms with Crippen LogP contribution < -0.4 is 19.7 Å². The minimum Gasteiger partial charge on any atom is -0.619 e. The third kappa shape index (κ3) is 7.18. The molecule has 11 heteroatoms. The van der Waals surface area contributed by atoms with E-state index in [0.29, 0.717) is 47.6 Å². The summed E-state index contributed by atoms with van der Waals surface area (Å²) in [5.41, 5.74) is 6.32. The lowest BCUT2D eigenvalue weighted by molar-refractivity contribution is -0.603. The molecule has 45 heavy (non-hydrogen) atoms. The third-order valence-corrected chi connectivity index (χ3v) is 7.83. The van der Waals surface area contributed by atoms with E-state index in [0.717, 1.165) is 41.7 Å². The Bertz CT molecular complexity index is 1640. The molecule has 0 radical (unpaired) electrons. The van der Waals surface area contributed by atoms with Crippen molar-refractivity contribution in [3.63, 3.8) is 0 Å². The third-order valence-electron chi connectivity index (χ3n) is 7.83. The number of methoxy groups -OCH3 is 1. The number of benzene rings is 2. The lowest BCUT2D eigenvalue weighted by Crippen LogP contribution is -2.34. The standard InChI is InChI=1S/C34H37N3O8/c1-34(2)43-21-26(44-34)16-19-41-25-13-11-23(12-14-25)22-7-9-24(10-8-22)31-32(40-3)30(27-20-37(39)17-15-28(27)35-31)33(38)36-45-29-6-4-5-18-42-29/h7-15,17,20,26,29H,4-6,16,18-19,21H2,1-3H3,(H,36,38). The Labute approximate surface area is 261 Å². The monoisotopic (exact) mass is 615 g/mol. The average Bonchev–Trinajstić information content (AvgIpc) is 3.41. The second-order valence-electron chi connectivity index (χ2n) is 11.5. The van der Waals surface area contributed by atoms with Crippen molar-refractivity contribution in [1.29, 1.82) is 0 Å². The summed E-state index contributed by atoms with van der Waals surface area (Å²) in [6, 6.07) is 17.3. The highest BCUT2D eigenvalue weighted by molar-refractivity contribution is 6.09. The van der Waals surface area contributed by atoms with Crippen LogP contribution in [0.5, 0.6) is 11.5 Å². The first kappa shape index (κ1) is 30.7. The fourth-order valence-electron chi connectivity index (χ4n) is 5.54. The number of hydrogen-bond donors (Lipinski definition) is 1. The normalized spacial score (nSPS) is 19.4. The Morgan fingerprint density at radius 1 is 1.07 bits per heavy atom. The molecule has 0 aliphatic carbocycles. The number of hydroxylamine groups is 1. The van der Waals surface area contributed by atoms with E-state index in [9.17, 15) is 10.0 Å². The average molecular weight is 616 g/mol. The molecule has 4 aromatic rings. The van der Waals surface area contributed by atoms with Crippen LogP contribution in [0.2, 0.25) is 0 Å². The summed E-state index contributed by atoms with van der Waals surface area (Å²) in [4.78, 5) is 23.8. The molecule has 2 aromatic heterocycles. The molecule has 2 aliphatic heterocycles. The van der Waals surface area contributed by atoms with Crippen LogP contribution in [-0.2, 0) is 19.0 Å². The van der Waals surface area contributed by atoms with Gasteiger partial charge >= 0.3 is 0 Å². The molecule has 236 valence electrons. The van der Waals surface area contributed by atoms with E-state index in [2.05, 4.69) is 5.48 Å². The number of aromatic nitrogens is 2. The van der Waals surface area contributed by atoms with Crippen LogP contribution in [-0.4, -0.2) is 56.0 Å². The number of carbonyl (C=O) groups excluding carboxylic acids is 1. The number of fused-ring (bicyclic) bond motifs is 1. The summed E-state index contributed by atoms with van der Waals surface area (Å²) < 4.78 is 29.3. The van der Waals surface area contributed by atoms with E-state index in [1.165, 1.54) is 19.5 Å². The van der Waals surface area contributed by atoms with Gasteiger partial charge in [-0.15, -0.1) is 0 Å². The van der Waals surface area contributed by atoms with Crippen LogP contribution in [0.4, 0.5) is 0 Å². The van der Waals surface area contributed by atoms with Gasteiger partial charge in [0.25, 0.3) is 5.91 Å². The quantitative estimate of drug-likeness (QED) is 0.143. The molecule has 2 aliphatic rings. The zero-order valence-corrected chi connectivity index (χ0v) is 25.6. The molecule has 1 N–H and O–H groups in total. The lowest BCUT2D eigenvalue weighted by Gasteiger charge is -2.22. The van der Waals surface area contributed by atoms with E-state index >= 15 is 0 Å². The number of nitrogens with one attached hydrogen (secondary N) is 1. The number of pyridine rings is 2. The molecule has 6 rings (SSSR count). The zero-order valence-electron chi connectivity index (χ0n) is 25.6. The summed E-state index contributed by atoms with van der Waals surface area (Å²) in [7, 11) is 1.47. The summed E-state index contributed by atoms with van der Waals surface area (Å²) >= 11 is 0. The molecule has 0 spiro atoms. The van der Waals surface area contributed by atoms with Crippen molar-refractivity contribution in [3.8, 4) is 33.9 Å². The van der Waals surface area contributed by atoms with Gasteiger partial charge < -0.3 is 28.9 Å². The van der Waals surface area contributed by atoms with Crippen LogP contribution >= 0.6 is 0 Å². The Kier molecular flexibility index (Phi) is 9.13. The van der Waals surface area contributed by atoms with Gasteiger partial charge in [-0.25, -0.2) is 15.3 Å². The second-order valence-corrected chi connectivity index (χ2v) is 11.5. The highest BCUT2D eigenvalue weighted by Crippen LogP contribution is 2.37. The topological polar surface area (TPSA) is 124 Å². The summed E-state index contributed by atoms with van der Waals surface area (Å²) in [5.74, 6) is -0.0870. The first-order valence-corrected chi connectivity index (χ1v) is 15.1. The Morgan fingerprint density at radius 2 is 1.80 bits per heavy atom. The van der Waals surface area contributed by atoms with E-state index in [1.54, 1.807) is 6.07 Å². The minimum atomic E-state index is -0.562. The molecule has 2 unspecified atom stereocenters. The van der Waals surface area contributed by atoms with E-state index in [-0.39, 0.29) is 17.4 Å². The second kappa shape index (κ2) is 13.4. The number of hydrogen-bond acceptors (Lipinski definition) is 9. The van der Waals surface area contributed by atoms with Crippen LogP contribution in [0.3, 0.4) is 0 Å². The maximum atomic E-state index is 13.5. The van der Waals surface area contributed by atoms with E-state index < -0.39 is 18.0 Å². The van der Waals surface area contributed by atoms with Crippen molar-refractivity contribution in [2.75, 3.05) is 26.9 Å². The fourth-order valence-corrected chi connectivity index (χ4v) is 5.54. The Balaban J connectivity index is 1.20. The van der Waals surface area contributed by atoms with Crippen molar-refractivity contribution in [2.45, 2.75) is 57.7 Å². The van der Waals surface area contributed by atoms with E-state index in [1.807, 2.05) is 62.4 Å². The smallest absolute Gasteiger partial charge is 0.279 e. The summed E-state index contributed by atoms with van der Waals surface area (Å²) in [5, 5.41) is 12.5. The summed E-state index contributed by atoms with van der Waals surface area (Å²) in [6.07, 6.45) is 5.46. The molecule has 2 saturated heterocycles. The molecule has 2 aromatic carbocycles. The van der Waals surface area contributed by atoms with Gasteiger partial charge in [0.1, 0.15) is 17.0 Å². The predicted octanol–water partition coefficient (Wildman–Crippen LogP) is 5.32. The molecule has 4 heterocycles. The molecule has 0 saturated carbocycles. The number of carbonyl (C=O) groups is 1. The summed E-state index contributed by atoms with van der Waals surface area (Å²) in [6.45, 7) is 5.51. The zero-order chi connectivity index (χ0) is 31.4. The van der Waals surface area contributed by atoms with Gasteiger partial charge in [0.15, 0.2) is 30.2 Å². The predicted molar refractivity (Wildman–Crippen MR) is 165 cm³/mol. The minimum absolute atomic E-state index is 0.0338. The number of rotatable bonds is 10. The molecule has 2 fully saturated rings. The molecule has 2 atom stereocenters. The highest BCUT2D eigenvalue weighted by Gasteiger charge is 2.32. The molecule has 1 amide bonds. The van der Waals surface area contributed by atoms with Gasteiger partial charge in [-0.05, 0) is 49.9 Å². The maximum Gasteiger partial charge on any atom is 0.279 e. The van der Waals surface area contributed by atoms with Gasteiger partial charge in [0.05, 0.1) is 37.3 Å². The SMILES string of the molecule is COc1c(-c2ccc(-c3ccc(OCCC4COC(C)(C)O4)cc3)cc2)nc2cc[n+]([O-])cc2c1C(=O)NOC1CCCCO1. The number of ether oxygens (including phenoxy) is 5. The molecular weight excluding hydrogens is 578 g/mol. The highest BCUT2D eigenvalue weighted by atomic mass is 16.8. The van der Waals surface area contributed by atoms with Crippen molar-refractivity contribution >= 4 is 16.8 Å². The molecular formula is C34H37N3O8. The van der Waals surface area contributed by atoms with Crippen molar-refractivity contribution in [1.82, 2.24) is 10.5 Å². The van der Waals surface area contributed by atoms with Crippen molar-refractivity contribution in [2.24, 2.45) is 0 Å². The van der Waals surface area contributed by atoms with Crippen molar-refractivity contribution < 1.29 is 38.0 Å². The fraction of sp³-hybridized carbons (Fsp3) is 0.382. The van der Waals surface area contributed by atoms with Gasteiger partial charge in [-0.3, -0.25) is 4.79 Å². The van der Waals surface area contributed by atoms with E-state index in [4.69, 9.17) is 33.5 Å². The first-order chi connectivity index (χ1) is 21.8.